The van der Waals surface area contributed by atoms with E-state index in [2.05, 4.69) is 15.3 Å². The lowest BCUT2D eigenvalue weighted by Gasteiger charge is -2.12. The lowest BCUT2D eigenvalue weighted by atomic mass is 10.1. The molecular formula is C20H21N3O4. The second-order valence-corrected chi connectivity index (χ2v) is 5.71. The number of amides is 1. The Hall–Kier alpha value is -3.48. The lowest BCUT2D eigenvalue weighted by Crippen LogP contribution is -2.20. The number of para-hydroxylation sites is 2. The molecule has 0 spiro atoms. The van der Waals surface area contributed by atoms with Gasteiger partial charge in [0.2, 0.25) is 11.7 Å². The van der Waals surface area contributed by atoms with Crippen LogP contribution in [0, 0.1) is 0 Å². The largest absolute Gasteiger partial charge is 0.493 e. The monoisotopic (exact) mass is 367 g/mol. The van der Waals surface area contributed by atoms with Gasteiger partial charge in [-0.05, 0) is 35.9 Å². The maximum Gasteiger partial charge on any atom is 0.244 e. The molecule has 1 amide bonds. The summed E-state index contributed by atoms with van der Waals surface area (Å²) < 4.78 is 15.9. The van der Waals surface area contributed by atoms with Gasteiger partial charge in [-0.1, -0.05) is 12.1 Å². The van der Waals surface area contributed by atoms with Crippen LogP contribution in [0.5, 0.6) is 17.2 Å². The van der Waals surface area contributed by atoms with Crippen molar-refractivity contribution in [1.29, 1.82) is 0 Å². The van der Waals surface area contributed by atoms with E-state index in [0.29, 0.717) is 29.6 Å². The number of carbonyl (C=O) groups excluding carboxylic acids is 1. The number of imidazole rings is 1. The Morgan fingerprint density at radius 1 is 1.11 bits per heavy atom. The van der Waals surface area contributed by atoms with Crippen LogP contribution in [0.25, 0.3) is 17.1 Å². The molecule has 3 aromatic rings. The highest BCUT2D eigenvalue weighted by Gasteiger charge is 2.12. The minimum Gasteiger partial charge on any atom is -0.493 e. The second kappa shape index (κ2) is 8.27. The number of carbonyl (C=O) groups is 1. The number of methoxy groups -OCH3 is 3. The number of aromatic nitrogens is 2. The Balaban J connectivity index is 1.67. The first kappa shape index (κ1) is 18.3. The Kier molecular flexibility index (Phi) is 5.61. The summed E-state index contributed by atoms with van der Waals surface area (Å²) >= 11 is 0. The summed E-state index contributed by atoms with van der Waals surface area (Å²) in [4.78, 5) is 19.7. The highest BCUT2D eigenvalue weighted by Crippen LogP contribution is 2.38. The van der Waals surface area contributed by atoms with Gasteiger partial charge >= 0.3 is 0 Å². The zero-order chi connectivity index (χ0) is 19.2. The zero-order valence-corrected chi connectivity index (χ0v) is 15.4. The van der Waals surface area contributed by atoms with E-state index in [0.717, 1.165) is 16.6 Å². The fourth-order valence-electron chi connectivity index (χ4n) is 2.69. The smallest absolute Gasteiger partial charge is 0.244 e. The number of H-pyrrole nitrogens is 1. The number of fused-ring (bicyclic) bond motifs is 1. The number of aromatic amines is 1. The molecule has 2 N–H and O–H groups in total. The number of nitrogens with one attached hydrogen (secondary N) is 2. The molecule has 0 saturated heterocycles. The number of benzene rings is 2. The average Bonchev–Trinajstić information content (AvgIpc) is 3.12. The van der Waals surface area contributed by atoms with Crippen LogP contribution >= 0.6 is 0 Å². The molecule has 2 aromatic carbocycles. The van der Waals surface area contributed by atoms with Crippen molar-refractivity contribution in [3.8, 4) is 17.2 Å². The van der Waals surface area contributed by atoms with Crippen LogP contribution in [0.3, 0.4) is 0 Å². The summed E-state index contributed by atoms with van der Waals surface area (Å²) in [6.07, 6.45) is 3.13. The molecule has 3 rings (SSSR count). The van der Waals surface area contributed by atoms with Crippen LogP contribution in [-0.4, -0.2) is 37.2 Å². The topological polar surface area (TPSA) is 85.5 Å². The Bertz CT molecular complexity index is 920. The molecule has 0 aliphatic carbocycles. The third-order valence-corrected chi connectivity index (χ3v) is 3.98. The Labute approximate surface area is 157 Å². The highest BCUT2D eigenvalue weighted by molar-refractivity contribution is 5.91. The molecule has 0 saturated carbocycles. The normalized spacial score (nSPS) is 10.9. The van der Waals surface area contributed by atoms with Gasteiger partial charge in [-0.2, -0.15) is 0 Å². The molecule has 1 heterocycles. The van der Waals surface area contributed by atoms with Crippen LogP contribution in [0.4, 0.5) is 0 Å². The maximum absolute atomic E-state index is 12.1. The van der Waals surface area contributed by atoms with Gasteiger partial charge in [0.05, 0.1) is 38.9 Å². The van der Waals surface area contributed by atoms with Crippen molar-refractivity contribution in [3.63, 3.8) is 0 Å². The van der Waals surface area contributed by atoms with Gasteiger partial charge in [0.25, 0.3) is 0 Å². The highest BCUT2D eigenvalue weighted by atomic mass is 16.5. The van der Waals surface area contributed by atoms with Crippen molar-refractivity contribution in [2.75, 3.05) is 21.3 Å². The molecule has 0 fully saturated rings. The van der Waals surface area contributed by atoms with E-state index in [9.17, 15) is 4.79 Å². The summed E-state index contributed by atoms with van der Waals surface area (Å²) in [5.41, 5.74) is 2.56. The molecule has 1 aromatic heterocycles. The summed E-state index contributed by atoms with van der Waals surface area (Å²) in [7, 11) is 4.64. The van der Waals surface area contributed by atoms with Crippen molar-refractivity contribution in [1.82, 2.24) is 15.3 Å². The molecule has 7 nitrogen and oxygen atoms in total. The fraction of sp³-hybridized carbons (Fsp3) is 0.200. The number of rotatable bonds is 7. The van der Waals surface area contributed by atoms with Crippen LogP contribution in [0.1, 0.15) is 11.4 Å². The van der Waals surface area contributed by atoms with Crippen molar-refractivity contribution in [2.45, 2.75) is 6.54 Å². The molecule has 0 atom stereocenters. The van der Waals surface area contributed by atoms with E-state index in [1.807, 2.05) is 24.3 Å². The summed E-state index contributed by atoms with van der Waals surface area (Å²) in [6, 6.07) is 11.3. The van der Waals surface area contributed by atoms with Crippen LogP contribution < -0.4 is 19.5 Å². The summed E-state index contributed by atoms with van der Waals surface area (Å²) in [5.74, 6) is 2.03. The van der Waals surface area contributed by atoms with Gasteiger partial charge in [0.1, 0.15) is 5.82 Å². The fourth-order valence-corrected chi connectivity index (χ4v) is 2.69. The van der Waals surface area contributed by atoms with Gasteiger partial charge in [0, 0.05) is 6.08 Å². The van der Waals surface area contributed by atoms with E-state index in [1.165, 1.54) is 6.08 Å². The van der Waals surface area contributed by atoms with Crippen molar-refractivity contribution in [3.05, 3.63) is 53.9 Å². The average molecular weight is 367 g/mol. The third-order valence-electron chi connectivity index (χ3n) is 3.98. The minimum absolute atomic E-state index is 0.232. The van der Waals surface area contributed by atoms with Gasteiger partial charge in [-0.25, -0.2) is 4.98 Å². The second-order valence-electron chi connectivity index (χ2n) is 5.71. The number of hydrogen-bond acceptors (Lipinski definition) is 5. The molecule has 0 aliphatic rings. The number of hydrogen-bond donors (Lipinski definition) is 2. The molecular weight excluding hydrogens is 346 g/mol. The quantitative estimate of drug-likeness (QED) is 0.627. The van der Waals surface area contributed by atoms with Gasteiger partial charge in [0.15, 0.2) is 11.5 Å². The van der Waals surface area contributed by atoms with Crippen molar-refractivity contribution < 1.29 is 19.0 Å². The molecule has 7 heteroatoms. The summed E-state index contributed by atoms with van der Waals surface area (Å²) in [6.45, 7) is 0.313. The van der Waals surface area contributed by atoms with Crippen LogP contribution in [0.15, 0.2) is 42.5 Å². The van der Waals surface area contributed by atoms with E-state index >= 15 is 0 Å². The van der Waals surface area contributed by atoms with Crippen LogP contribution in [0.2, 0.25) is 0 Å². The van der Waals surface area contributed by atoms with Crippen molar-refractivity contribution in [2.24, 2.45) is 0 Å². The van der Waals surface area contributed by atoms with E-state index in [1.54, 1.807) is 39.5 Å². The first-order chi connectivity index (χ1) is 13.1. The minimum atomic E-state index is -0.232. The lowest BCUT2D eigenvalue weighted by molar-refractivity contribution is -0.116. The Morgan fingerprint density at radius 2 is 1.81 bits per heavy atom. The first-order valence-corrected chi connectivity index (χ1v) is 8.34. The molecule has 140 valence electrons. The maximum atomic E-state index is 12.1. The van der Waals surface area contributed by atoms with Gasteiger partial charge in [-0.3, -0.25) is 4.79 Å². The predicted octanol–water partition coefficient (Wildman–Crippen LogP) is 2.92. The third kappa shape index (κ3) is 4.20. The van der Waals surface area contributed by atoms with Gasteiger partial charge < -0.3 is 24.5 Å². The predicted molar refractivity (Wildman–Crippen MR) is 103 cm³/mol. The first-order valence-electron chi connectivity index (χ1n) is 8.34. The van der Waals surface area contributed by atoms with E-state index in [4.69, 9.17) is 14.2 Å². The van der Waals surface area contributed by atoms with E-state index < -0.39 is 0 Å². The molecule has 0 radical (unpaired) electrons. The number of nitrogens with zero attached hydrogens (tertiary/aromatic N) is 1. The van der Waals surface area contributed by atoms with Crippen molar-refractivity contribution >= 4 is 23.0 Å². The SMILES string of the molecule is COc1cc(/C=C/C(=O)NCc2nc3ccccc3[nH]2)cc(OC)c1OC. The van der Waals surface area contributed by atoms with E-state index in [-0.39, 0.29) is 5.91 Å². The standard InChI is InChI=1S/C20H21N3O4/c1-25-16-10-13(11-17(26-2)20(16)27-3)8-9-19(24)21-12-18-22-14-6-4-5-7-15(14)23-18/h4-11H,12H2,1-3H3,(H,21,24)(H,22,23)/b9-8+. The molecule has 0 unspecified atom stereocenters. The molecule has 27 heavy (non-hydrogen) atoms. The summed E-state index contributed by atoms with van der Waals surface area (Å²) in [5, 5.41) is 2.80. The van der Waals surface area contributed by atoms with Gasteiger partial charge in [-0.15, -0.1) is 0 Å². The molecule has 0 bridgehead atoms. The van der Waals surface area contributed by atoms with Crippen LogP contribution in [-0.2, 0) is 11.3 Å². The number of ether oxygens (including phenoxy) is 3. The Morgan fingerprint density at radius 3 is 2.44 bits per heavy atom. The zero-order valence-electron chi connectivity index (χ0n) is 15.4. The molecule has 0 aliphatic heterocycles.